The van der Waals surface area contributed by atoms with Gasteiger partial charge in [-0.1, -0.05) is 16.8 Å². The van der Waals surface area contributed by atoms with Crippen LogP contribution in [0.3, 0.4) is 0 Å². The Bertz CT molecular complexity index is 379. The Morgan fingerprint density at radius 3 is 2.93 bits per heavy atom. The van der Waals surface area contributed by atoms with Gasteiger partial charge >= 0.3 is 5.97 Å². The molecule has 1 aromatic heterocycles. The maximum atomic E-state index is 11.1. The Labute approximate surface area is 85.0 Å². The van der Waals surface area contributed by atoms with Crippen molar-refractivity contribution in [3.05, 3.63) is 29.0 Å². The van der Waals surface area contributed by atoms with Crippen LogP contribution in [-0.4, -0.2) is 29.0 Å². The van der Waals surface area contributed by atoms with Crippen LogP contribution in [0.4, 0.5) is 0 Å². The number of hydrogen-bond donors (Lipinski definition) is 1. The average molecular weight is 215 g/mol. The zero-order valence-electron chi connectivity index (χ0n) is 7.27. The van der Waals surface area contributed by atoms with Gasteiger partial charge in [0.2, 0.25) is 5.71 Å². The Morgan fingerprint density at radius 1 is 1.71 bits per heavy atom. The highest BCUT2D eigenvalue weighted by Gasteiger charge is 2.16. The fourth-order valence-electron chi connectivity index (χ4n) is 0.828. The van der Waals surface area contributed by atoms with Crippen molar-refractivity contribution in [1.82, 2.24) is 4.98 Å². The molecular weight excluding hydrogens is 208 g/mol. The Balaban J connectivity index is 3.08. The van der Waals surface area contributed by atoms with Gasteiger partial charge in [-0.15, -0.1) is 0 Å². The smallest absolute Gasteiger partial charge is 0.362 e. The molecule has 0 aliphatic heterocycles. The topological polar surface area (TPSA) is 71.8 Å². The first-order chi connectivity index (χ1) is 6.69. The Hall–Kier alpha value is -1.62. The quantitative estimate of drug-likeness (QED) is 0.346. The summed E-state index contributed by atoms with van der Waals surface area (Å²) in [6, 6.07) is 2.94. The van der Waals surface area contributed by atoms with Crippen LogP contribution in [0.1, 0.15) is 5.69 Å². The van der Waals surface area contributed by atoms with Crippen LogP contribution in [0.2, 0.25) is 5.02 Å². The molecule has 0 unspecified atom stereocenters. The molecule has 14 heavy (non-hydrogen) atoms. The van der Waals surface area contributed by atoms with Crippen LogP contribution in [0.5, 0.6) is 0 Å². The molecule has 0 aliphatic rings. The molecule has 0 saturated heterocycles. The normalized spacial score (nSPS) is 11.1. The molecule has 6 heteroatoms. The summed E-state index contributed by atoms with van der Waals surface area (Å²) < 4.78 is 4.38. The third-order valence-electron chi connectivity index (χ3n) is 1.44. The second kappa shape index (κ2) is 4.57. The summed E-state index contributed by atoms with van der Waals surface area (Å²) in [5, 5.41) is 11.8. The van der Waals surface area contributed by atoms with Crippen molar-refractivity contribution in [2.24, 2.45) is 5.16 Å². The molecule has 0 radical (unpaired) electrons. The van der Waals surface area contributed by atoms with Crippen molar-refractivity contribution in [2.75, 3.05) is 7.11 Å². The summed E-state index contributed by atoms with van der Waals surface area (Å²) in [6.07, 6.45) is 1.39. The van der Waals surface area contributed by atoms with Gasteiger partial charge in [-0.25, -0.2) is 4.79 Å². The lowest BCUT2D eigenvalue weighted by Gasteiger charge is -2.01. The molecule has 1 rings (SSSR count). The van der Waals surface area contributed by atoms with E-state index >= 15 is 0 Å². The van der Waals surface area contributed by atoms with Crippen molar-refractivity contribution < 1.29 is 14.7 Å². The summed E-state index contributed by atoms with van der Waals surface area (Å²) in [5.41, 5.74) is -0.123. The molecule has 0 spiro atoms. The molecule has 0 aromatic carbocycles. The van der Waals surface area contributed by atoms with E-state index < -0.39 is 5.97 Å². The number of nitrogens with zero attached hydrogens (tertiary/aromatic N) is 2. The number of pyridine rings is 1. The van der Waals surface area contributed by atoms with E-state index in [1.165, 1.54) is 25.4 Å². The van der Waals surface area contributed by atoms with E-state index in [9.17, 15) is 4.79 Å². The van der Waals surface area contributed by atoms with E-state index in [0.29, 0.717) is 5.02 Å². The predicted molar refractivity (Wildman–Crippen MR) is 49.6 cm³/mol. The van der Waals surface area contributed by atoms with Crippen molar-refractivity contribution in [2.45, 2.75) is 0 Å². The Morgan fingerprint density at radius 2 is 2.43 bits per heavy atom. The summed E-state index contributed by atoms with van der Waals surface area (Å²) in [6.45, 7) is 0. The second-order valence-electron chi connectivity index (χ2n) is 2.30. The molecular formula is C8H7ClN2O3. The lowest BCUT2D eigenvalue weighted by molar-refractivity contribution is -0.132. The van der Waals surface area contributed by atoms with Crippen molar-refractivity contribution in [1.29, 1.82) is 0 Å². The van der Waals surface area contributed by atoms with Gasteiger partial charge < -0.3 is 9.94 Å². The van der Waals surface area contributed by atoms with Crippen LogP contribution < -0.4 is 0 Å². The van der Waals surface area contributed by atoms with E-state index in [4.69, 9.17) is 16.8 Å². The van der Waals surface area contributed by atoms with Crippen LogP contribution >= 0.6 is 11.6 Å². The minimum atomic E-state index is -0.776. The standard InChI is InChI=1S/C8H7ClN2O3/c1-14-8(12)7(11-13)6-4-5(9)2-3-10-6/h2-4,13H,1H3. The molecule has 5 nitrogen and oxygen atoms in total. The number of esters is 1. The van der Waals surface area contributed by atoms with Crippen LogP contribution in [0, 0.1) is 0 Å². The Kier molecular flexibility index (Phi) is 3.41. The number of aromatic nitrogens is 1. The summed E-state index contributed by atoms with van der Waals surface area (Å²) >= 11 is 5.67. The molecule has 0 amide bonds. The monoisotopic (exact) mass is 214 g/mol. The number of carbonyl (C=O) groups is 1. The first kappa shape index (κ1) is 10.5. The summed E-state index contributed by atoms with van der Waals surface area (Å²) in [4.78, 5) is 14.9. The SMILES string of the molecule is COC(=O)C(=NO)c1cc(Cl)ccn1. The van der Waals surface area contributed by atoms with Gasteiger partial charge in [-0.05, 0) is 12.1 Å². The fraction of sp³-hybridized carbons (Fsp3) is 0.125. The molecule has 0 fully saturated rings. The fourth-order valence-corrected chi connectivity index (χ4v) is 0.987. The van der Waals surface area contributed by atoms with E-state index in [1.807, 2.05) is 0 Å². The maximum absolute atomic E-state index is 11.1. The molecule has 0 bridgehead atoms. The van der Waals surface area contributed by atoms with Crippen LogP contribution in [0.25, 0.3) is 0 Å². The van der Waals surface area contributed by atoms with Gasteiger partial charge in [0.05, 0.1) is 7.11 Å². The lowest BCUT2D eigenvalue weighted by atomic mass is 10.2. The molecule has 0 atom stereocenters. The number of halogens is 1. The van der Waals surface area contributed by atoms with Crippen molar-refractivity contribution in [3.63, 3.8) is 0 Å². The first-order valence-electron chi connectivity index (χ1n) is 3.61. The van der Waals surface area contributed by atoms with Gasteiger partial charge in [-0.2, -0.15) is 0 Å². The number of rotatable bonds is 2. The average Bonchev–Trinajstić information content (AvgIpc) is 2.19. The van der Waals surface area contributed by atoms with Gasteiger partial charge in [0.1, 0.15) is 5.69 Å². The lowest BCUT2D eigenvalue weighted by Crippen LogP contribution is -2.18. The second-order valence-corrected chi connectivity index (χ2v) is 2.74. The number of methoxy groups -OCH3 is 1. The summed E-state index contributed by atoms with van der Waals surface area (Å²) in [7, 11) is 1.18. The third-order valence-corrected chi connectivity index (χ3v) is 1.68. The van der Waals surface area contributed by atoms with Gasteiger partial charge in [0.25, 0.3) is 0 Å². The minimum Gasteiger partial charge on any atom is -0.464 e. The first-order valence-corrected chi connectivity index (χ1v) is 3.99. The highest BCUT2D eigenvalue weighted by molar-refractivity contribution is 6.43. The van der Waals surface area contributed by atoms with E-state index in [-0.39, 0.29) is 11.4 Å². The third kappa shape index (κ3) is 2.20. The van der Waals surface area contributed by atoms with E-state index in [2.05, 4.69) is 14.9 Å². The highest BCUT2D eigenvalue weighted by Crippen LogP contribution is 2.09. The molecule has 1 N–H and O–H groups in total. The molecule has 74 valence electrons. The maximum Gasteiger partial charge on any atom is 0.362 e. The highest BCUT2D eigenvalue weighted by atomic mass is 35.5. The van der Waals surface area contributed by atoms with Gasteiger partial charge in [0.15, 0.2) is 0 Å². The van der Waals surface area contributed by atoms with Crippen LogP contribution in [0.15, 0.2) is 23.5 Å². The van der Waals surface area contributed by atoms with Crippen LogP contribution in [-0.2, 0) is 9.53 Å². The van der Waals surface area contributed by atoms with Crippen molar-refractivity contribution >= 4 is 23.3 Å². The van der Waals surface area contributed by atoms with Crippen molar-refractivity contribution in [3.8, 4) is 0 Å². The van der Waals surface area contributed by atoms with E-state index in [1.54, 1.807) is 0 Å². The van der Waals surface area contributed by atoms with Gasteiger partial charge in [-0.3, -0.25) is 4.98 Å². The molecule has 0 saturated carbocycles. The molecule has 1 heterocycles. The number of oxime groups is 1. The number of carbonyl (C=O) groups excluding carboxylic acids is 1. The number of ether oxygens (including phenoxy) is 1. The molecule has 0 aliphatic carbocycles. The predicted octanol–water partition coefficient (Wildman–Crippen LogP) is 1.09. The molecule has 1 aromatic rings. The zero-order chi connectivity index (χ0) is 10.6. The summed E-state index contributed by atoms with van der Waals surface area (Å²) in [5.74, 6) is -0.776. The zero-order valence-corrected chi connectivity index (χ0v) is 8.02. The number of hydrogen-bond acceptors (Lipinski definition) is 5. The van der Waals surface area contributed by atoms with E-state index in [0.717, 1.165) is 0 Å². The largest absolute Gasteiger partial charge is 0.464 e. The minimum absolute atomic E-state index is 0.159. The van der Waals surface area contributed by atoms with Gasteiger partial charge in [0, 0.05) is 11.2 Å².